The van der Waals surface area contributed by atoms with Crippen LogP contribution in [0.5, 0.6) is 0 Å². The van der Waals surface area contributed by atoms with Gasteiger partial charge in [0, 0.05) is 25.8 Å². The summed E-state index contributed by atoms with van der Waals surface area (Å²) in [4.78, 5) is 36.7. The lowest BCUT2D eigenvalue weighted by molar-refractivity contribution is 0.0693. The van der Waals surface area contributed by atoms with Crippen molar-refractivity contribution in [1.82, 2.24) is 10.2 Å². The lowest BCUT2D eigenvalue weighted by atomic mass is 10.1. The first kappa shape index (κ1) is 14.2. The van der Waals surface area contributed by atoms with E-state index in [-0.39, 0.29) is 29.3 Å². The molecule has 1 N–H and O–H groups in total. The molecule has 20 heavy (non-hydrogen) atoms. The largest absolute Gasteiger partial charge is 0.383 e. The van der Waals surface area contributed by atoms with Crippen LogP contribution in [0, 0.1) is 0 Å². The van der Waals surface area contributed by atoms with Gasteiger partial charge in [0.2, 0.25) is 0 Å². The molecule has 0 aromatic heterocycles. The Bertz CT molecular complexity index is 583. The molecule has 0 saturated heterocycles. The highest BCUT2D eigenvalue weighted by Gasteiger charge is 2.33. The summed E-state index contributed by atoms with van der Waals surface area (Å²) in [7, 11) is 2.98. The third-order valence-electron chi connectivity index (χ3n) is 3.15. The molecule has 0 aliphatic carbocycles. The fourth-order valence-corrected chi connectivity index (χ4v) is 2.10. The minimum Gasteiger partial charge on any atom is -0.383 e. The number of nitrogens with one attached hydrogen (secondary N) is 1. The quantitative estimate of drug-likeness (QED) is 0.820. The summed E-state index contributed by atoms with van der Waals surface area (Å²) in [5, 5.41) is 2.75. The summed E-state index contributed by atoms with van der Waals surface area (Å²) in [5.74, 6) is -1.03. The molecule has 0 unspecified atom stereocenters. The zero-order chi connectivity index (χ0) is 14.9. The molecule has 6 nitrogen and oxygen atoms in total. The number of carbonyl (C=O) groups excluding carboxylic acids is 3. The van der Waals surface area contributed by atoms with Crippen molar-refractivity contribution in [2.75, 3.05) is 20.8 Å². The molecule has 2 rings (SSSR count). The molecule has 106 valence electrons. The van der Waals surface area contributed by atoms with Crippen molar-refractivity contribution < 1.29 is 19.1 Å². The summed E-state index contributed by atoms with van der Waals surface area (Å²) >= 11 is 0. The standard InChI is InChI=1S/C14H16N2O4/c1-8(7-20-3)15-12(17)9-4-5-10-11(6-9)14(19)16(2)13(10)18/h4-6,8H,7H2,1-3H3,(H,15,17)/t8-/m1/s1. The van der Waals surface area contributed by atoms with Gasteiger partial charge in [-0.25, -0.2) is 0 Å². The molecule has 1 aromatic rings. The molecular weight excluding hydrogens is 260 g/mol. The van der Waals surface area contributed by atoms with Gasteiger partial charge in [0.25, 0.3) is 17.7 Å². The number of ether oxygens (including phenoxy) is 1. The van der Waals surface area contributed by atoms with Crippen LogP contribution < -0.4 is 5.32 Å². The highest BCUT2D eigenvalue weighted by Crippen LogP contribution is 2.22. The van der Waals surface area contributed by atoms with Crippen LogP contribution in [-0.2, 0) is 4.74 Å². The van der Waals surface area contributed by atoms with E-state index in [2.05, 4.69) is 5.32 Å². The lowest BCUT2D eigenvalue weighted by Gasteiger charge is -2.12. The molecule has 0 radical (unpaired) electrons. The molecule has 1 aliphatic heterocycles. The zero-order valence-corrected chi connectivity index (χ0v) is 11.6. The number of carbonyl (C=O) groups is 3. The number of rotatable bonds is 4. The first-order chi connectivity index (χ1) is 9.45. The number of nitrogens with zero attached hydrogens (tertiary/aromatic N) is 1. The van der Waals surface area contributed by atoms with Gasteiger partial charge in [0.1, 0.15) is 0 Å². The average molecular weight is 276 g/mol. The minimum atomic E-state index is -0.385. The van der Waals surface area contributed by atoms with E-state index in [0.717, 1.165) is 4.90 Å². The number of amides is 3. The van der Waals surface area contributed by atoms with Gasteiger partial charge in [-0.05, 0) is 25.1 Å². The van der Waals surface area contributed by atoms with Crippen molar-refractivity contribution in [3.63, 3.8) is 0 Å². The lowest BCUT2D eigenvalue weighted by Crippen LogP contribution is -2.35. The van der Waals surface area contributed by atoms with Crippen LogP contribution >= 0.6 is 0 Å². The van der Waals surface area contributed by atoms with Gasteiger partial charge < -0.3 is 10.1 Å². The Balaban J connectivity index is 2.23. The number of imide groups is 1. The Morgan fingerprint density at radius 2 is 1.95 bits per heavy atom. The van der Waals surface area contributed by atoms with Gasteiger partial charge in [-0.2, -0.15) is 0 Å². The molecule has 6 heteroatoms. The van der Waals surface area contributed by atoms with E-state index in [4.69, 9.17) is 4.74 Å². The summed E-state index contributed by atoms with van der Waals surface area (Å²) < 4.78 is 4.94. The van der Waals surface area contributed by atoms with Crippen molar-refractivity contribution in [2.24, 2.45) is 0 Å². The first-order valence-electron chi connectivity index (χ1n) is 6.22. The molecular formula is C14H16N2O4. The fraction of sp³-hybridized carbons (Fsp3) is 0.357. The highest BCUT2D eigenvalue weighted by atomic mass is 16.5. The molecule has 0 fully saturated rings. The van der Waals surface area contributed by atoms with Crippen LogP contribution in [0.2, 0.25) is 0 Å². The number of hydrogen-bond donors (Lipinski definition) is 1. The van der Waals surface area contributed by atoms with E-state index in [1.54, 1.807) is 7.11 Å². The Labute approximate surface area is 116 Å². The minimum absolute atomic E-state index is 0.138. The Morgan fingerprint density at radius 1 is 1.30 bits per heavy atom. The van der Waals surface area contributed by atoms with Crippen LogP contribution in [0.1, 0.15) is 38.0 Å². The van der Waals surface area contributed by atoms with Crippen molar-refractivity contribution in [3.8, 4) is 0 Å². The van der Waals surface area contributed by atoms with Gasteiger partial charge in [0.15, 0.2) is 0 Å². The Morgan fingerprint density at radius 3 is 2.60 bits per heavy atom. The van der Waals surface area contributed by atoms with E-state index in [9.17, 15) is 14.4 Å². The third kappa shape index (κ3) is 2.42. The first-order valence-corrected chi connectivity index (χ1v) is 6.22. The van der Waals surface area contributed by atoms with Crippen LogP contribution in [-0.4, -0.2) is 49.4 Å². The predicted octanol–water partition coefficient (Wildman–Crippen LogP) is 0.677. The van der Waals surface area contributed by atoms with Crippen LogP contribution in [0.15, 0.2) is 18.2 Å². The normalized spacial score (nSPS) is 15.2. The van der Waals surface area contributed by atoms with Gasteiger partial charge in [-0.15, -0.1) is 0 Å². The number of methoxy groups -OCH3 is 1. The number of fused-ring (bicyclic) bond motifs is 1. The number of hydrogen-bond acceptors (Lipinski definition) is 4. The Hall–Kier alpha value is -2.21. The molecule has 1 atom stereocenters. The molecule has 1 aliphatic rings. The van der Waals surface area contributed by atoms with E-state index >= 15 is 0 Å². The number of benzene rings is 1. The van der Waals surface area contributed by atoms with Crippen LogP contribution in [0.3, 0.4) is 0 Å². The van der Waals surface area contributed by atoms with Gasteiger partial charge in [-0.3, -0.25) is 19.3 Å². The van der Waals surface area contributed by atoms with Crippen molar-refractivity contribution >= 4 is 17.7 Å². The van der Waals surface area contributed by atoms with Gasteiger partial charge >= 0.3 is 0 Å². The maximum atomic E-state index is 12.0. The second kappa shape index (κ2) is 5.42. The molecule has 0 spiro atoms. The van der Waals surface area contributed by atoms with E-state index in [0.29, 0.717) is 17.7 Å². The fourth-order valence-electron chi connectivity index (χ4n) is 2.10. The van der Waals surface area contributed by atoms with E-state index < -0.39 is 0 Å². The van der Waals surface area contributed by atoms with E-state index in [1.165, 1.54) is 25.2 Å². The highest BCUT2D eigenvalue weighted by molar-refractivity contribution is 6.21. The molecule has 0 saturated carbocycles. The van der Waals surface area contributed by atoms with Crippen molar-refractivity contribution in [1.29, 1.82) is 0 Å². The summed E-state index contributed by atoms with van der Waals surface area (Å²) in [6.45, 7) is 2.22. The molecule has 1 aromatic carbocycles. The molecule has 3 amide bonds. The smallest absolute Gasteiger partial charge is 0.261 e. The van der Waals surface area contributed by atoms with Gasteiger partial charge in [-0.1, -0.05) is 0 Å². The monoisotopic (exact) mass is 276 g/mol. The maximum Gasteiger partial charge on any atom is 0.261 e. The summed E-state index contributed by atoms with van der Waals surface area (Å²) in [5.41, 5.74) is 0.951. The van der Waals surface area contributed by atoms with Crippen LogP contribution in [0.25, 0.3) is 0 Å². The molecule has 0 bridgehead atoms. The summed E-state index contributed by atoms with van der Waals surface area (Å²) in [6, 6.07) is 4.36. The average Bonchev–Trinajstić information content (AvgIpc) is 2.64. The maximum absolute atomic E-state index is 12.0. The second-order valence-corrected chi connectivity index (χ2v) is 4.76. The topological polar surface area (TPSA) is 75.7 Å². The van der Waals surface area contributed by atoms with Crippen molar-refractivity contribution in [3.05, 3.63) is 34.9 Å². The van der Waals surface area contributed by atoms with Crippen LogP contribution in [0.4, 0.5) is 0 Å². The zero-order valence-electron chi connectivity index (χ0n) is 11.6. The second-order valence-electron chi connectivity index (χ2n) is 4.76. The Kier molecular flexibility index (Phi) is 3.85. The third-order valence-corrected chi connectivity index (χ3v) is 3.15. The molecule has 1 heterocycles. The van der Waals surface area contributed by atoms with Gasteiger partial charge in [0.05, 0.1) is 17.7 Å². The predicted molar refractivity (Wildman–Crippen MR) is 71.7 cm³/mol. The van der Waals surface area contributed by atoms with E-state index in [1.807, 2.05) is 6.92 Å². The van der Waals surface area contributed by atoms with Crippen molar-refractivity contribution in [2.45, 2.75) is 13.0 Å². The summed E-state index contributed by atoms with van der Waals surface area (Å²) in [6.07, 6.45) is 0. The SMILES string of the molecule is COC[C@@H](C)NC(=O)c1ccc2c(c1)C(=O)N(C)C2=O.